The normalized spacial score (nSPS) is 14.0. The van der Waals surface area contributed by atoms with Crippen molar-refractivity contribution in [3.63, 3.8) is 0 Å². The first kappa shape index (κ1) is 26.5. The number of hydrogen-bond donors (Lipinski definition) is 0. The summed E-state index contributed by atoms with van der Waals surface area (Å²) in [5.41, 5.74) is 4.58. The number of piperazine rings is 1. The van der Waals surface area contributed by atoms with Crippen molar-refractivity contribution in [2.45, 2.75) is 13.5 Å². The number of rotatable bonds is 8. The largest absolute Gasteiger partial charge is 0.493 e. The van der Waals surface area contributed by atoms with Crippen LogP contribution >= 0.6 is 0 Å². The van der Waals surface area contributed by atoms with Crippen LogP contribution < -0.4 is 19.1 Å². The van der Waals surface area contributed by atoms with Crippen LogP contribution in [0.5, 0.6) is 17.2 Å². The maximum absolute atomic E-state index is 13.1. The molecule has 10 heteroatoms. The van der Waals surface area contributed by atoms with Crippen LogP contribution in [0.1, 0.15) is 27.3 Å². The minimum absolute atomic E-state index is 0.0299. The Morgan fingerprint density at radius 1 is 0.829 bits per heavy atom. The van der Waals surface area contributed by atoms with E-state index in [2.05, 4.69) is 20.0 Å². The second kappa shape index (κ2) is 11.1. The molecule has 1 fully saturated rings. The molecule has 3 heterocycles. The highest BCUT2D eigenvalue weighted by molar-refractivity contribution is 6.10. The molecule has 0 N–H and O–H groups in total. The summed E-state index contributed by atoms with van der Waals surface area (Å²) in [4.78, 5) is 22.8. The number of carbonyl (C=O) groups excluding carboxylic acids is 1. The van der Waals surface area contributed by atoms with Gasteiger partial charge in [0.25, 0.3) is 0 Å². The molecule has 2 aromatic heterocycles. The highest BCUT2D eigenvalue weighted by atomic mass is 16.5. The lowest BCUT2D eigenvalue weighted by Crippen LogP contribution is -2.46. The third-order valence-corrected chi connectivity index (χ3v) is 7.62. The lowest BCUT2D eigenvalue weighted by Gasteiger charge is -2.35. The molecule has 0 radical (unpaired) electrons. The molecule has 1 saturated heterocycles. The number of anilines is 1. The van der Waals surface area contributed by atoms with E-state index in [-0.39, 0.29) is 5.78 Å². The summed E-state index contributed by atoms with van der Waals surface area (Å²) in [5, 5.41) is 8.86. The van der Waals surface area contributed by atoms with E-state index in [1.54, 1.807) is 21.3 Å². The van der Waals surface area contributed by atoms with Crippen LogP contribution in [-0.4, -0.2) is 77.8 Å². The summed E-state index contributed by atoms with van der Waals surface area (Å²) in [6, 6.07) is 18.9. The summed E-state index contributed by atoms with van der Waals surface area (Å²) >= 11 is 0. The van der Waals surface area contributed by atoms with E-state index in [9.17, 15) is 4.79 Å². The van der Waals surface area contributed by atoms with Gasteiger partial charge >= 0.3 is 0 Å². The topological polar surface area (TPSA) is 94.3 Å². The molecule has 0 atom stereocenters. The maximum atomic E-state index is 13.1. The summed E-state index contributed by atoms with van der Waals surface area (Å²) in [5.74, 6) is 3.45. The van der Waals surface area contributed by atoms with Crippen LogP contribution in [0, 0.1) is 6.92 Å². The number of nitrogens with zero attached hydrogens (tertiary/aromatic N) is 6. The molecular formula is C31H32N6O4. The first-order valence-electron chi connectivity index (χ1n) is 13.5. The molecule has 0 amide bonds. The third-order valence-electron chi connectivity index (χ3n) is 7.62. The van der Waals surface area contributed by atoms with Crippen molar-refractivity contribution < 1.29 is 19.0 Å². The molecule has 0 unspecified atom stereocenters. The number of benzene rings is 3. The Hall–Kier alpha value is -4.70. The Morgan fingerprint density at radius 2 is 1.59 bits per heavy atom. The van der Waals surface area contributed by atoms with E-state index in [0.717, 1.165) is 61.0 Å². The lowest BCUT2D eigenvalue weighted by molar-refractivity contribution is 0.103. The fraction of sp³-hybridized carbons (Fsp3) is 0.290. The van der Waals surface area contributed by atoms with Gasteiger partial charge in [-0.05, 0) is 31.2 Å². The Labute approximate surface area is 238 Å². The van der Waals surface area contributed by atoms with E-state index < -0.39 is 0 Å². The van der Waals surface area contributed by atoms with Gasteiger partial charge in [0.15, 0.2) is 23.1 Å². The minimum atomic E-state index is -0.0299. The molecule has 3 aromatic carbocycles. The molecule has 0 aliphatic carbocycles. The van der Waals surface area contributed by atoms with Gasteiger partial charge in [-0.25, -0.2) is 4.98 Å². The zero-order valence-electron chi connectivity index (χ0n) is 23.6. The Kier molecular flexibility index (Phi) is 7.15. The van der Waals surface area contributed by atoms with E-state index in [0.29, 0.717) is 34.0 Å². The van der Waals surface area contributed by atoms with Crippen LogP contribution in [0.4, 0.5) is 5.82 Å². The monoisotopic (exact) mass is 552 g/mol. The van der Waals surface area contributed by atoms with Gasteiger partial charge in [-0.15, -0.1) is 10.2 Å². The van der Waals surface area contributed by atoms with Crippen molar-refractivity contribution in [2.24, 2.45) is 0 Å². The summed E-state index contributed by atoms with van der Waals surface area (Å²) in [7, 11) is 4.89. The number of ether oxygens (including phenoxy) is 3. The van der Waals surface area contributed by atoms with Crippen molar-refractivity contribution >= 4 is 28.3 Å². The highest BCUT2D eigenvalue weighted by Gasteiger charge is 2.25. The Bertz CT molecular complexity index is 1730. The average Bonchev–Trinajstić information content (AvgIpc) is 3.42. The van der Waals surface area contributed by atoms with E-state index >= 15 is 0 Å². The molecule has 6 rings (SSSR count). The van der Waals surface area contributed by atoms with Gasteiger partial charge in [0.05, 0.1) is 32.4 Å². The molecule has 0 spiro atoms. The van der Waals surface area contributed by atoms with Crippen LogP contribution in [0.2, 0.25) is 0 Å². The van der Waals surface area contributed by atoms with Crippen molar-refractivity contribution in [3.8, 4) is 17.2 Å². The molecule has 210 valence electrons. The SMILES string of the molecule is COc1ccc(CN2CCN(c3nc4ccc(C(=O)c5ccccc5)cc4n4c(C)nnc34)CC2)c(OC)c1OC. The standard InChI is InChI=1S/C31H32N6O4/c1-20-33-34-31-30(32-24-12-10-22(18-25(24)37(20)31)27(38)21-8-6-5-7-9-21)36-16-14-35(15-17-36)19-23-11-13-26(39-2)29(41-4)28(23)40-3/h5-13,18H,14-17,19H2,1-4H3. The van der Waals surface area contributed by atoms with E-state index in [4.69, 9.17) is 19.2 Å². The highest BCUT2D eigenvalue weighted by Crippen LogP contribution is 2.40. The summed E-state index contributed by atoms with van der Waals surface area (Å²) < 4.78 is 18.7. The number of fused-ring (bicyclic) bond motifs is 3. The average molecular weight is 553 g/mol. The van der Waals surface area contributed by atoms with Crippen LogP contribution in [0.25, 0.3) is 16.7 Å². The van der Waals surface area contributed by atoms with Crippen molar-refractivity contribution in [1.82, 2.24) is 24.5 Å². The smallest absolute Gasteiger partial charge is 0.204 e. The van der Waals surface area contributed by atoms with Gasteiger partial charge in [0.2, 0.25) is 11.4 Å². The second-order valence-electron chi connectivity index (χ2n) is 10.00. The third kappa shape index (κ3) is 4.80. The zero-order chi connectivity index (χ0) is 28.5. The van der Waals surface area contributed by atoms with Gasteiger partial charge in [-0.1, -0.05) is 36.4 Å². The molecule has 1 aliphatic rings. The Balaban J connectivity index is 1.26. The number of ketones is 1. The molecule has 10 nitrogen and oxygen atoms in total. The summed E-state index contributed by atoms with van der Waals surface area (Å²) in [6.45, 7) is 5.87. The Morgan fingerprint density at radius 3 is 2.29 bits per heavy atom. The lowest BCUT2D eigenvalue weighted by atomic mass is 10.0. The van der Waals surface area contributed by atoms with Crippen LogP contribution in [0.3, 0.4) is 0 Å². The second-order valence-corrected chi connectivity index (χ2v) is 10.00. The molecule has 5 aromatic rings. The van der Waals surface area contributed by atoms with Gasteiger partial charge in [0, 0.05) is 49.4 Å². The van der Waals surface area contributed by atoms with Crippen molar-refractivity contribution in [2.75, 3.05) is 52.4 Å². The van der Waals surface area contributed by atoms with E-state index in [1.165, 1.54) is 0 Å². The predicted molar refractivity (Wildman–Crippen MR) is 156 cm³/mol. The molecular weight excluding hydrogens is 520 g/mol. The molecule has 0 bridgehead atoms. The fourth-order valence-electron chi connectivity index (χ4n) is 5.51. The number of aromatic nitrogens is 4. The first-order chi connectivity index (χ1) is 20.0. The van der Waals surface area contributed by atoms with Gasteiger partial charge < -0.3 is 19.1 Å². The molecule has 0 saturated carbocycles. The van der Waals surface area contributed by atoms with Crippen LogP contribution in [-0.2, 0) is 6.54 Å². The zero-order valence-corrected chi connectivity index (χ0v) is 23.6. The van der Waals surface area contributed by atoms with E-state index in [1.807, 2.05) is 72.0 Å². The number of carbonyl (C=O) groups is 1. The molecule has 41 heavy (non-hydrogen) atoms. The van der Waals surface area contributed by atoms with Gasteiger partial charge in [0.1, 0.15) is 5.82 Å². The van der Waals surface area contributed by atoms with Gasteiger partial charge in [-0.2, -0.15) is 0 Å². The van der Waals surface area contributed by atoms with Crippen molar-refractivity contribution in [3.05, 3.63) is 83.2 Å². The maximum Gasteiger partial charge on any atom is 0.204 e. The fourth-order valence-corrected chi connectivity index (χ4v) is 5.51. The molecule has 1 aliphatic heterocycles. The first-order valence-corrected chi connectivity index (χ1v) is 13.5. The number of hydrogen-bond acceptors (Lipinski definition) is 9. The predicted octanol–water partition coefficient (Wildman–Crippen LogP) is 4.16. The minimum Gasteiger partial charge on any atom is -0.493 e. The number of methoxy groups -OCH3 is 3. The summed E-state index contributed by atoms with van der Waals surface area (Å²) in [6.07, 6.45) is 0. The van der Waals surface area contributed by atoms with Crippen LogP contribution in [0.15, 0.2) is 60.7 Å². The number of aryl methyl sites for hydroxylation is 1. The quantitative estimate of drug-likeness (QED) is 0.263. The van der Waals surface area contributed by atoms with Gasteiger partial charge in [-0.3, -0.25) is 14.1 Å². The van der Waals surface area contributed by atoms with Crippen molar-refractivity contribution in [1.29, 1.82) is 0 Å².